The number of imidazole rings is 1. The van der Waals surface area contributed by atoms with Gasteiger partial charge in [0.2, 0.25) is 0 Å². The molecule has 1 aliphatic heterocycles. The van der Waals surface area contributed by atoms with Crippen LogP contribution in [0.3, 0.4) is 0 Å². The van der Waals surface area contributed by atoms with Crippen LogP contribution in [-0.4, -0.2) is 51.4 Å². The standard InChI is InChI=1S/C23H26N4OS/c1-18-8-10-19(11-9-18)17-25-12-5-13-26(15-14-25)22(28)21-16-24-23(29)27(21)20-6-3-2-4-7-20/h2-4,6-11,16H,5,12-15,17H2,1H3,(H,24,29). The van der Waals surface area contributed by atoms with Gasteiger partial charge in [-0.05, 0) is 43.3 Å². The second kappa shape index (κ2) is 8.76. The number of aryl methyl sites for hydroxylation is 1. The highest BCUT2D eigenvalue weighted by molar-refractivity contribution is 7.71. The van der Waals surface area contributed by atoms with Crippen molar-refractivity contribution in [2.45, 2.75) is 19.9 Å². The minimum absolute atomic E-state index is 0.0263. The van der Waals surface area contributed by atoms with Crippen LogP contribution in [0.4, 0.5) is 0 Å². The fourth-order valence-corrected chi connectivity index (χ4v) is 4.07. The van der Waals surface area contributed by atoms with Crippen LogP contribution in [0.15, 0.2) is 60.8 Å². The average Bonchev–Trinajstić information content (AvgIpc) is 2.97. The van der Waals surface area contributed by atoms with Crippen molar-refractivity contribution in [3.8, 4) is 5.69 Å². The fraction of sp³-hybridized carbons (Fsp3) is 0.304. The number of hydrogen-bond donors (Lipinski definition) is 1. The molecule has 0 aliphatic carbocycles. The third-order valence-corrected chi connectivity index (χ3v) is 5.71. The first-order valence-corrected chi connectivity index (χ1v) is 10.5. The van der Waals surface area contributed by atoms with Crippen molar-refractivity contribution in [3.05, 3.63) is 82.4 Å². The third kappa shape index (κ3) is 4.49. The topological polar surface area (TPSA) is 44.3 Å². The first kappa shape index (κ1) is 19.6. The lowest BCUT2D eigenvalue weighted by atomic mass is 10.1. The smallest absolute Gasteiger partial charge is 0.272 e. The Morgan fingerprint density at radius 3 is 2.52 bits per heavy atom. The van der Waals surface area contributed by atoms with Crippen molar-refractivity contribution in [1.82, 2.24) is 19.4 Å². The van der Waals surface area contributed by atoms with Crippen LogP contribution in [0.2, 0.25) is 0 Å². The van der Waals surface area contributed by atoms with E-state index < -0.39 is 0 Å². The molecular weight excluding hydrogens is 380 g/mol. The number of nitrogens with one attached hydrogen (secondary N) is 1. The second-order valence-electron chi connectivity index (χ2n) is 7.56. The average molecular weight is 407 g/mol. The largest absolute Gasteiger partial charge is 0.336 e. The minimum Gasteiger partial charge on any atom is -0.336 e. The molecule has 0 atom stereocenters. The SMILES string of the molecule is Cc1ccc(CN2CCCN(C(=O)c3c[nH]c(=S)n3-c3ccccc3)CC2)cc1. The van der Waals surface area contributed by atoms with Crippen LogP contribution in [0.1, 0.15) is 28.0 Å². The van der Waals surface area contributed by atoms with E-state index >= 15 is 0 Å². The Hall–Kier alpha value is -2.70. The van der Waals surface area contributed by atoms with Crippen LogP contribution >= 0.6 is 12.2 Å². The summed E-state index contributed by atoms with van der Waals surface area (Å²) in [4.78, 5) is 20.7. The van der Waals surface area contributed by atoms with E-state index in [9.17, 15) is 4.79 Å². The highest BCUT2D eigenvalue weighted by atomic mass is 32.1. The fourth-order valence-electron chi connectivity index (χ4n) is 3.81. The van der Waals surface area contributed by atoms with Gasteiger partial charge in [0, 0.05) is 44.6 Å². The van der Waals surface area contributed by atoms with Crippen molar-refractivity contribution < 1.29 is 4.79 Å². The zero-order valence-electron chi connectivity index (χ0n) is 16.7. The Morgan fingerprint density at radius 2 is 1.76 bits per heavy atom. The summed E-state index contributed by atoms with van der Waals surface area (Å²) in [6.45, 7) is 6.38. The van der Waals surface area contributed by atoms with Gasteiger partial charge in [-0.3, -0.25) is 14.3 Å². The molecule has 1 aromatic heterocycles. The normalized spacial score (nSPS) is 15.3. The molecule has 0 bridgehead atoms. The molecule has 2 aromatic carbocycles. The van der Waals surface area contributed by atoms with E-state index in [-0.39, 0.29) is 5.91 Å². The molecule has 29 heavy (non-hydrogen) atoms. The van der Waals surface area contributed by atoms with Crippen molar-refractivity contribution in [3.63, 3.8) is 0 Å². The summed E-state index contributed by atoms with van der Waals surface area (Å²) in [6, 6.07) is 18.5. The van der Waals surface area contributed by atoms with E-state index in [2.05, 4.69) is 41.1 Å². The highest BCUT2D eigenvalue weighted by Crippen LogP contribution is 2.16. The molecule has 1 saturated heterocycles. The molecule has 0 saturated carbocycles. The summed E-state index contributed by atoms with van der Waals surface area (Å²) in [5.41, 5.74) is 4.09. The number of rotatable bonds is 4. The Bertz CT molecular complexity index is 1020. The molecular formula is C23H26N4OS. The van der Waals surface area contributed by atoms with Gasteiger partial charge >= 0.3 is 0 Å². The Morgan fingerprint density at radius 1 is 1.00 bits per heavy atom. The second-order valence-corrected chi connectivity index (χ2v) is 7.94. The van der Waals surface area contributed by atoms with E-state index in [1.165, 1.54) is 11.1 Å². The molecule has 6 heteroatoms. The Labute approximate surface area is 176 Å². The maximum absolute atomic E-state index is 13.3. The first-order chi connectivity index (χ1) is 14.1. The molecule has 0 radical (unpaired) electrons. The van der Waals surface area contributed by atoms with E-state index in [0.29, 0.717) is 10.5 Å². The summed E-state index contributed by atoms with van der Waals surface area (Å²) in [5.74, 6) is 0.0263. The monoisotopic (exact) mass is 406 g/mol. The first-order valence-electron chi connectivity index (χ1n) is 10.0. The lowest BCUT2D eigenvalue weighted by Crippen LogP contribution is -2.36. The van der Waals surface area contributed by atoms with Crippen LogP contribution < -0.4 is 0 Å². The van der Waals surface area contributed by atoms with Crippen LogP contribution in [0.25, 0.3) is 5.69 Å². The van der Waals surface area contributed by atoms with Gasteiger partial charge in [0.25, 0.3) is 5.91 Å². The van der Waals surface area contributed by atoms with Crippen molar-refractivity contribution in [2.75, 3.05) is 26.2 Å². The molecule has 150 valence electrons. The van der Waals surface area contributed by atoms with Gasteiger partial charge in [0.05, 0.1) is 0 Å². The summed E-state index contributed by atoms with van der Waals surface area (Å²) in [7, 11) is 0. The van der Waals surface area contributed by atoms with Gasteiger partial charge in [-0.25, -0.2) is 0 Å². The van der Waals surface area contributed by atoms with Crippen LogP contribution in [-0.2, 0) is 6.54 Å². The van der Waals surface area contributed by atoms with E-state index in [4.69, 9.17) is 12.2 Å². The molecule has 3 aromatic rings. The number of carbonyl (C=O) groups excluding carboxylic acids is 1. The predicted octanol–water partition coefficient (Wildman–Crippen LogP) is 4.19. The van der Waals surface area contributed by atoms with Gasteiger partial charge in [0.1, 0.15) is 5.69 Å². The zero-order valence-corrected chi connectivity index (χ0v) is 17.5. The van der Waals surface area contributed by atoms with Crippen molar-refractivity contribution in [1.29, 1.82) is 0 Å². The number of aromatic nitrogens is 2. The molecule has 2 heterocycles. The number of para-hydroxylation sites is 1. The quantitative estimate of drug-likeness (QED) is 0.661. The summed E-state index contributed by atoms with van der Waals surface area (Å²) >= 11 is 5.43. The van der Waals surface area contributed by atoms with Crippen molar-refractivity contribution in [2.24, 2.45) is 0 Å². The zero-order chi connectivity index (χ0) is 20.2. The minimum atomic E-state index is 0.0263. The van der Waals surface area contributed by atoms with Crippen LogP contribution in [0.5, 0.6) is 0 Å². The molecule has 1 N–H and O–H groups in total. The van der Waals surface area contributed by atoms with Gasteiger partial charge < -0.3 is 9.88 Å². The van der Waals surface area contributed by atoms with Crippen molar-refractivity contribution >= 4 is 18.1 Å². The summed E-state index contributed by atoms with van der Waals surface area (Å²) in [5, 5.41) is 0. The molecule has 0 spiro atoms. The van der Waals surface area contributed by atoms with Crippen LogP contribution in [0, 0.1) is 11.7 Å². The number of nitrogens with zero attached hydrogens (tertiary/aromatic N) is 3. The van der Waals surface area contributed by atoms with E-state index in [0.717, 1.165) is 44.8 Å². The molecule has 1 amide bonds. The number of carbonyl (C=O) groups is 1. The lowest BCUT2D eigenvalue weighted by Gasteiger charge is -2.22. The lowest BCUT2D eigenvalue weighted by molar-refractivity contribution is 0.0753. The maximum Gasteiger partial charge on any atom is 0.272 e. The molecule has 0 unspecified atom stereocenters. The Kier molecular flexibility index (Phi) is 5.92. The van der Waals surface area contributed by atoms with E-state index in [1.807, 2.05) is 39.8 Å². The molecule has 5 nitrogen and oxygen atoms in total. The maximum atomic E-state index is 13.3. The number of H-pyrrole nitrogens is 1. The Balaban J connectivity index is 1.47. The number of amides is 1. The predicted molar refractivity (Wildman–Crippen MR) is 118 cm³/mol. The van der Waals surface area contributed by atoms with E-state index in [1.54, 1.807) is 6.20 Å². The third-order valence-electron chi connectivity index (χ3n) is 5.41. The molecule has 1 aliphatic rings. The molecule has 4 rings (SSSR count). The van der Waals surface area contributed by atoms with Gasteiger partial charge in [-0.15, -0.1) is 0 Å². The number of benzene rings is 2. The number of hydrogen-bond acceptors (Lipinski definition) is 3. The summed E-state index contributed by atoms with van der Waals surface area (Å²) in [6.07, 6.45) is 2.70. The van der Waals surface area contributed by atoms with Gasteiger partial charge in [-0.1, -0.05) is 48.0 Å². The highest BCUT2D eigenvalue weighted by Gasteiger charge is 2.23. The molecule has 1 fully saturated rings. The summed E-state index contributed by atoms with van der Waals surface area (Å²) < 4.78 is 2.36. The van der Waals surface area contributed by atoms with Gasteiger partial charge in [0.15, 0.2) is 4.77 Å². The van der Waals surface area contributed by atoms with Gasteiger partial charge in [-0.2, -0.15) is 0 Å². The number of aromatic amines is 1.